The number of carbonyl (C=O) groups is 2. The summed E-state index contributed by atoms with van der Waals surface area (Å²) in [4.78, 5) is 25.4. The Morgan fingerprint density at radius 2 is 1.63 bits per heavy atom. The number of nitrogens with two attached hydrogens (primary N) is 1. The molecule has 19 heavy (non-hydrogen) atoms. The van der Waals surface area contributed by atoms with Crippen molar-refractivity contribution >= 4 is 11.8 Å². The lowest BCUT2D eigenvalue weighted by Gasteiger charge is -2.22. The van der Waals surface area contributed by atoms with Crippen LogP contribution >= 0.6 is 0 Å². The molecule has 0 bridgehead atoms. The summed E-state index contributed by atoms with van der Waals surface area (Å²) in [6.45, 7) is 9.76. The first-order valence-corrected chi connectivity index (χ1v) is 7.13. The molecule has 0 aromatic heterocycles. The van der Waals surface area contributed by atoms with Crippen molar-refractivity contribution in [2.75, 3.05) is 19.6 Å². The summed E-state index contributed by atoms with van der Waals surface area (Å²) in [6, 6.07) is 0. The van der Waals surface area contributed by atoms with Crippen LogP contribution in [0, 0.1) is 0 Å². The molecular formula is C14H29N3O2. The van der Waals surface area contributed by atoms with E-state index in [9.17, 15) is 9.59 Å². The fourth-order valence-corrected chi connectivity index (χ4v) is 1.69. The molecule has 0 aliphatic carbocycles. The molecule has 0 saturated heterocycles. The number of carbonyl (C=O) groups excluding carboxylic acids is 2. The van der Waals surface area contributed by atoms with Crippen molar-refractivity contribution in [1.82, 2.24) is 10.2 Å². The minimum Gasteiger partial charge on any atom is -0.354 e. The first kappa shape index (κ1) is 17.9. The van der Waals surface area contributed by atoms with E-state index in [1.807, 2.05) is 32.6 Å². The highest BCUT2D eigenvalue weighted by Crippen LogP contribution is 2.02. The van der Waals surface area contributed by atoms with Gasteiger partial charge in [-0.05, 0) is 26.7 Å². The average molecular weight is 271 g/mol. The SMILES string of the molecule is CCCN(CCC)C(=O)CCC(=O)NCC(C)(C)N. The quantitative estimate of drug-likeness (QED) is 0.663. The molecule has 0 aliphatic heterocycles. The van der Waals surface area contributed by atoms with Crippen LogP contribution in [0.5, 0.6) is 0 Å². The van der Waals surface area contributed by atoms with Crippen LogP contribution in [0.25, 0.3) is 0 Å². The Kier molecular flexibility index (Phi) is 8.39. The lowest BCUT2D eigenvalue weighted by molar-refractivity contribution is -0.133. The van der Waals surface area contributed by atoms with Crippen molar-refractivity contribution in [2.24, 2.45) is 5.73 Å². The highest BCUT2D eigenvalue weighted by atomic mass is 16.2. The van der Waals surface area contributed by atoms with Crippen LogP contribution in [0.1, 0.15) is 53.4 Å². The van der Waals surface area contributed by atoms with Crippen LogP contribution in [0.4, 0.5) is 0 Å². The molecule has 5 heteroatoms. The van der Waals surface area contributed by atoms with Gasteiger partial charge in [0.15, 0.2) is 0 Å². The first-order valence-electron chi connectivity index (χ1n) is 7.13. The third-order valence-electron chi connectivity index (χ3n) is 2.65. The van der Waals surface area contributed by atoms with Gasteiger partial charge in [0, 0.05) is 38.0 Å². The zero-order valence-electron chi connectivity index (χ0n) is 12.8. The summed E-state index contributed by atoms with van der Waals surface area (Å²) in [5.41, 5.74) is 5.36. The molecule has 0 aromatic rings. The second-order valence-electron chi connectivity index (χ2n) is 5.65. The Balaban J connectivity index is 4.02. The monoisotopic (exact) mass is 271 g/mol. The van der Waals surface area contributed by atoms with Crippen LogP contribution in [0.2, 0.25) is 0 Å². The Bertz CT molecular complexity index is 279. The zero-order valence-corrected chi connectivity index (χ0v) is 12.8. The van der Waals surface area contributed by atoms with Gasteiger partial charge >= 0.3 is 0 Å². The Hall–Kier alpha value is -1.10. The summed E-state index contributed by atoms with van der Waals surface area (Å²) >= 11 is 0. The van der Waals surface area contributed by atoms with E-state index >= 15 is 0 Å². The van der Waals surface area contributed by atoms with Gasteiger partial charge in [-0.3, -0.25) is 9.59 Å². The highest BCUT2D eigenvalue weighted by molar-refractivity contribution is 5.83. The minimum atomic E-state index is -0.421. The molecule has 0 heterocycles. The van der Waals surface area contributed by atoms with Gasteiger partial charge in [-0.1, -0.05) is 13.8 Å². The van der Waals surface area contributed by atoms with E-state index in [0.29, 0.717) is 6.54 Å². The standard InChI is InChI=1S/C14H29N3O2/c1-5-9-17(10-6-2)13(19)8-7-12(18)16-11-14(3,4)15/h5-11,15H2,1-4H3,(H,16,18). The van der Waals surface area contributed by atoms with Crippen LogP contribution < -0.4 is 11.1 Å². The lowest BCUT2D eigenvalue weighted by atomic mass is 10.1. The van der Waals surface area contributed by atoms with Crippen LogP contribution in [-0.2, 0) is 9.59 Å². The number of nitrogens with zero attached hydrogens (tertiary/aromatic N) is 1. The third-order valence-corrected chi connectivity index (χ3v) is 2.65. The Labute approximate surface area is 116 Å². The second kappa shape index (κ2) is 8.91. The van der Waals surface area contributed by atoms with Crippen LogP contribution in [0.3, 0.4) is 0 Å². The van der Waals surface area contributed by atoms with E-state index in [0.717, 1.165) is 25.9 Å². The fraction of sp³-hybridized carbons (Fsp3) is 0.857. The molecule has 0 atom stereocenters. The molecular weight excluding hydrogens is 242 g/mol. The maximum atomic E-state index is 11.9. The Morgan fingerprint density at radius 3 is 2.05 bits per heavy atom. The molecule has 0 aromatic carbocycles. The summed E-state index contributed by atoms with van der Waals surface area (Å²) in [5.74, 6) is -0.0503. The van der Waals surface area contributed by atoms with Crippen molar-refractivity contribution in [3.8, 4) is 0 Å². The van der Waals surface area contributed by atoms with E-state index < -0.39 is 5.54 Å². The predicted molar refractivity (Wildman–Crippen MR) is 77.7 cm³/mol. The van der Waals surface area contributed by atoms with E-state index in [1.54, 1.807) is 0 Å². The minimum absolute atomic E-state index is 0.0610. The van der Waals surface area contributed by atoms with E-state index in [2.05, 4.69) is 5.32 Å². The van der Waals surface area contributed by atoms with Gasteiger partial charge < -0.3 is 16.0 Å². The molecule has 112 valence electrons. The number of rotatable bonds is 9. The maximum absolute atomic E-state index is 11.9. The van der Waals surface area contributed by atoms with Gasteiger partial charge in [-0.25, -0.2) is 0 Å². The molecule has 0 unspecified atom stereocenters. The van der Waals surface area contributed by atoms with E-state index in [1.165, 1.54) is 0 Å². The van der Waals surface area contributed by atoms with E-state index in [-0.39, 0.29) is 24.7 Å². The molecule has 0 radical (unpaired) electrons. The maximum Gasteiger partial charge on any atom is 0.223 e. The van der Waals surface area contributed by atoms with Crippen molar-refractivity contribution in [3.05, 3.63) is 0 Å². The molecule has 0 spiro atoms. The normalized spacial score (nSPS) is 11.2. The molecule has 0 rings (SSSR count). The number of nitrogens with one attached hydrogen (secondary N) is 1. The first-order chi connectivity index (χ1) is 8.80. The van der Waals surface area contributed by atoms with Crippen molar-refractivity contribution in [2.45, 2.75) is 58.9 Å². The van der Waals surface area contributed by atoms with Crippen LogP contribution in [-0.4, -0.2) is 41.9 Å². The van der Waals surface area contributed by atoms with Gasteiger partial charge in [0.05, 0.1) is 0 Å². The van der Waals surface area contributed by atoms with Gasteiger partial charge in [0.1, 0.15) is 0 Å². The van der Waals surface area contributed by atoms with Gasteiger partial charge in [-0.15, -0.1) is 0 Å². The number of amides is 2. The second-order valence-corrected chi connectivity index (χ2v) is 5.65. The summed E-state index contributed by atoms with van der Waals surface area (Å²) in [7, 11) is 0. The fourth-order valence-electron chi connectivity index (χ4n) is 1.69. The molecule has 3 N–H and O–H groups in total. The lowest BCUT2D eigenvalue weighted by Crippen LogP contribution is -2.45. The molecule has 5 nitrogen and oxygen atoms in total. The van der Waals surface area contributed by atoms with Crippen molar-refractivity contribution in [3.63, 3.8) is 0 Å². The third kappa shape index (κ3) is 9.47. The Morgan fingerprint density at radius 1 is 1.11 bits per heavy atom. The number of hydrogen-bond donors (Lipinski definition) is 2. The number of hydrogen-bond acceptors (Lipinski definition) is 3. The predicted octanol–water partition coefficient (Wildman–Crippen LogP) is 1.27. The topological polar surface area (TPSA) is 75.4 Å². The largest absolute Gasteiger partial charge is 0.354 e. The van der Waals surface area contributed by atoms with Crippen molar-refractivity contribution in [1.29, 1.82) is 0 Å². The van der Waals surface area contributed by atoms with Gasteiger partial charge in [0.25, 0.3) is 0 Å². The summed E-state index contributed by atoms with van der Waals surface area (Å²) in [6.07, 6.45) is 2.40. The van der Waals surface area contributed by atoms with Crippen molar-refractivity contribution < 1.29 is 9.59 Å². The average Bonchev–Trinajstić information content (AvgIpc) is 2.32. The molecule has 0 saturated carbocycles. The molecule has 2 amide bonds. The summed E-state index contributed by atoms with van der Waals surface area (Å²) < 4.78 is 0. The van der Waals surface area contributed by atoms with Crippen LogP contribution in [0.15, 0.2) is 0 Å². The van der Waals surface area contributed by atoms with Gasteiger partial charge in [-0.2, -0.15) is 0 Å². The van der Waals surface area contributed by atoms with E-state index in [4.69, 9.17) is 5.73 Å². The molecule has 0 fully saturated rings. The zero-order chi connectivity index (χ0) is 14.9. The highest BCUT2D eigenvalue weighted by Gasteiger charge is 2.15. The smallest absolute Gasteiger partial charge is 0.223 e. The molecule has 0 aliphatic rings. The summed E-state index contributed by atoms with van der Waals surface area (Å²) in [5, 5.41) is 2.75. The van der Waals surface area contributed by atoms with Gasteiger partial charge in [0.2, 0.25) is 11.8 Å².